The second-order valence-electron chi connectivity index (χ2n) is 3.32. The van der Waals surface area contributed by atoms with E-state index in [1.54, 1.807) is 0 Å². The Kier molecular flexibility index (Phi) is 4.12. The minimum Gasteiger partial charge on any atom is -1.00 e. The van der Waals surface area contributed by atoms with Crippen molar-refractivity contribution >= 4 is 11.3 Å². The Balaban J connectivity index is 0.00000112. The second-order valence-corrected chi connectivity index (χ2v) is 4.22. The van der Waals surface area contributed by atoms with Crippen LogP contribution in [0.5, 0.6) is 0 Å². The summed E-state index contributed by atoms with van der Waals surface area (Å²) in [5.74, 6) is 0. The van der Waals surface area contributed by atoms with Gasteiger partial charge in [0, 0.05) is 18.1 Å². The van der Waals surface area contributed by atoms with Crippen LogP contribution in [0.2, 0.25) is 0 Å². The molecule has 2 aromatic rings. The molecule has 1 aromatic heterocycles. The molecule has 15 heavy (non-hydrogen) atoms. The zero-order valence-electron chi connectivity index (χ0n) is 8.40. The fourth-order valence-corrected chi connectivity index (χ4v) is 1.92. The van der Waals surface area contributed by atoms with Gasteiger partial charge in [-0.15, -0.1) is 11.3 Å². The van der Waals surface area contributed by atoms with E-state index in [9.17, 15) is 0 Å². The standard InChI is InChI=1S/C11H12N2S.ClH/c1-9-2-4-10(5-3-9)8-13-6-7-14-11(13)12;/h2-7,12H,8H2,1H3;1H/p-1. The van der Waals surface area contributed by atoms with E-state index in [2.05, 4.69) is 31.2 Å². The van der Waals surface area contributed by atoms with Crippen LogP contribution in [0.25, 0.3) is 0 Å². The molecular formula is C11H12ClN2S-. The van der Waals surface area contributed by atoms with Crippen molar-refractivity contribution in [2.75, 3.05) is 0 Å². The summed E-state index contributed by atoms with van der Waals surface area (Å²) >= 11 is 1.46. The molecule has 0 bridgehead atoms. The van der Waals surface area contributed by atoms with Crippen LogP contribution in [-0.2, 0) is 6.54 Å². The molecule has 0 saturated heterocycles. The van der Waals surface area contributed by atoms with E-state index >= 15 is 0 Å². The molecular weight excluding hydrogens is 228 g/mol. The summed E-state index contributed by atoms with van der Waals surface area (Å²) in [7, 11) is 0. The van der Waals surface area contributed by atoms with Crippen molar-refractivity contribution in [3.63, 3.8) is 0 Å². The molecule has 0 unspecified atom stereocenters. The molecule has 1 heterocycles. The van der Waals surface area contributed by atoms with E-state index in [0.29, 0.717) is 4.80 Å². The summed E-state index contributed by atoms with van der Waals surface area (Å²) in [6.45, 7) is 2.88. The maximum Gasteiger partial charge on any atom is 0.182 e. The first-order valence-electron chi connectivity index (χ1n) is 4.50. The lowest BCUT2D eigenvalue weighted by Crippen LogP contribution is -3.00. The fraction of sp³-hybridized carbons (Fsp3) is 0.182. The van der Waals surface area contributed by atoms with E-state index in [-0.39, 0.29) is 12.4 Å². The molecule has 0 spiro atoms. The number of aromatic nitrogens is 1. The number of hydrogen-bond acceptors (Lipinski definition) is 2. The summed E-state index contributed by atoms with van der Waals surface area (Å²) in [6.07, 6.45) is 1.95. The fourth-order valence-electron chi connectivity index (χ4n) is 1.32. The molecule has 1 N–H and O–H groups in total. The maximum absolute atomic E-state index is 7.62. The molecule has 80 valence electrons. The molecule has 0 saturated carbocycles. The number of nitrogens with one attached hydrogen (secondary N) is 1. The van der Waals surface area contributed by atoms with Gasteiger partial charge in [-0.25, -0.2) is 0 Å². The molecule has 2 nitrogen and oxygen atoms in total. The van der Waals surface area contributed by atoms with Crippen molar-refractivity contribution in [1.82, 2.24) is 4.57 Å². The van der Waals surface area contributed by atoms with Crippen LogP contribution in [0.1, 0.15) is 11.1 Å². The predicted octanol–water partition coefficient (Wildman–Crippen LogP) is -0.610. The van der Waals surface area contributed by atoms with Crippen LogP contribution < -0.4 is 17.2 Å². The van der Waals surface area contributed by atoms with Gasteiger partial charge in [-0.2, -0.15) is 0 Å². The van der Waals surface area contributed by atoms with E-state index in [0.717, 1.165) is 6.54 Å². The average Bonchev–Trinajstić information content (AvgIpc) is 2.56. The number of rotatable bonds is 2. The van der Waals surface area contributed by atoms with Crippen molar-refractivity contribution in [3.8, 4) is 0 Å². The number of nitrogens with zero attached hydrogens (tertiary/aromatic N) is 1. The van der Waals surface area contributed by atoms with E-state index in [4.69, 9.17) is 5.41 Å². The molecule has 0 aliphatic rings. The van der Waals surface area contributed by atoms with Crippen molar-refractivity contribution in [1.29, 1.82) is 5.41 Å². The van der Waals surface area contributed by atoms with Crippen LogP contribution in [0.4, 0.5) is 0 Å². The van der Waals surface area contributed by atoms with Crippen molar-refractivity contribution in [2.45, 2.75) is 13.5 Å². The second kappa shape index (κ2) is 5.14. The zero-order chi connectivity index (χ0) is 9.97. The zero-order valence-corrected chi connectivity index (χ0v) is 9.98. The van der Waals surface area contributed by atoms with Gasteiger partial charge in [-0.3, -0.25) is 5.41 Å². The third kappa shape index (κ3) is 2.94. The van der Waals surface area contributed by atoms with Gasteiger partial charge >= 0.3 is 0 Å². The summed E-state index contributed by atoms with van der Waals surface area (Å²) in [4.78, 5) is 0.602. The van der Waals surface area contributed by atoms with Crippen molar-refractivity contribution in [3.05, 3.63) is 51.8 Å². The van der Waals surface area contributed by atoms with Gasteiger partial charge in [-0.05, 0) is 12.5 Å². The first-order valence-corrected chi connectivity index (χ1v) is 5.38. The topological polar surface area (TPSA) is 28.8 Å². The Morgan fingerprint density at radius 1 is 1.27 bits per heavy atom. The number of aryl methyl sites for hydroxylation is 1. The molecule has 0 aliphatic carbocycles. The third-order valence-electron chi connectivity index (χ3n) is 2.15. The lowest BCUT2D eigenvalue weighted by molar-refractivity contribution is -0.00000309. The van der Waals surface area contributed by atoms with Crippen LogP contribution in [0.15, 0.2) is 35.8 Å². The van der Waals surface area contributed by atoms with Crippen LogP contribution >= 0.6 is 11.3 Å². The SMILES string of the molecule is Cc1ccc(Cn2ccsc2=N)cc1.[Cl-]. The summed E-state index contributed by atoms with van der Waals surface area (Å²) in [5.41, 5.74) is 2.52. The summed E-state index contributed by atoms with van der Waals surface area (Å²) < 4.78 is 1.94. The van der Waals surface area contributed by atoms with Gasteiger partial charge in [0.1, 0.15) is 0 Å². The van der Waals surface area contributed by atoms with Gasteiger partial charge in [0.15, 0.2) is 4.80 Å². The van der Waals surface area contributed by atoms with Gasteiger partial charge in [0.2, 0.25) is 0 Å². The molecule has 0 radical (unpaired) electrons. The Labute approximate surface area is 99.1 Å². The largest absolute Gasteiger partial charge is 1.00 e. The molecule has 1 aromatic carbocycles. The smallest absolute Gasteiger partial charge is 0.182 e. The average molecular weight is 240 g/mol. The highest BCUT2D eigenvalue weighted by Gasteiger charge is 1.95. The minimum absolute atomic E-state index is 0. The molecule has 2 rings (SSSR count). The van der Waals surface area contributed by atoms with E-state index < -0.39 is 0 Å². The number of hydrogen-bond donors (Lipinski definition) is 1. The lowest BCUT2D eigenvalue weighted by Gasteiger charge is -2.02. The highest BCUT2D eigenvalue weighted by atomic mass is 35.5. The molecule has 0 aliphatic heterocycles. The molecule has 0 amide bonds. The molecule has 0 atom stereocenters. The van der Waals surface area contributed by atoms with Crippen LogP contribution in [0, 0.1) is 12.3 Å². The number of thiazole rings is 1. The lowest BCUT2D eigenvalue weighted by atomic mass is 10.1. The Morgan fingerprint density at radius 3 is 2.47 bits per heavy atom. The van der Waals surface area contributed by atoms with Crippen LogP contribution in [0.3, 0.4) is 0 Å². The maximum atomic E-state index is 7.62. The van der Waals surface area contributed by atoms with Crippen molar-refractivity contribution < 1.29 is 12.4 Å². The van der Waals surface area contributed by atoms with Gasteiger partial charge in [-0.1, -0.05) is 29.8 Å². The predicted molar refractivity (Wildman–Crippen MR) is 58.4 cm³/mol. The van der Waals surface area contributed by atoms with Gasteiger partial charge < -0.3 is 17.0 Å². The summed E-state index contributed by atoms with van der Waals surface area (Å²) in [6, 6.07) is 8.43. The Morgan fingerprint density at radius 2 is 1.93 bits per heavy atom. The van der Waals surface area contributed by atoms with Crippen LogP contribution in [-0.4, -0.2) is 4.57 Å². The van der Waals surface area contributed by atoms with Crippen molar-refractivity contribution in [2.24, 2.45) is 0 Å². The third-order valence-corrected chi connectivity index (χ3v) is 2.87. The quantitative estimate of drug-likeness (QED) is 0.725. The van der Waals surface area contributed by atoms with Gasteiger partial charge in [0.25, 0.3) is 0 Å². The number of benzene rings is 1. The Bertz CT molecular complexity index is 470. The molecule has 0 fully saturated rings. The van der Waals surface area contributed by atoms with Gasteiger partial charge in [0.05, 0.1) is 0 Å². The highest BCUT2D eigenvalue weighted by Crippen LogP contribution is 2.04. The monoisotopic (exact) mass is 239 g/mol. The first-order chi connectivity index (χ1) is 6.75. The number of halogens is 1. The van der Waals surface area contributed by atoms with E-state index in [1.807, 2.05) is 16.1 Å². The summed E-state index contributed by atoms with van der Waals surface area (Å²) in [5, 5.41) is 9.56. The minimum atomic E-state index is 0. The first kappa shape index (κ1) is 12.0. The molecule has 4 heteroatoms. The highest BCUT2D eigenvalue weighted by molar-refractivity contribution is 7.06. The Hall–Kier alpha value is -1.06. The van der Waals surface area contributed by atoms with E-state index in [1.165, 1.54) is 22.5 Å². The normalized spacial score (nSPS) is 9.67.